The molecule has 4 heterocycles. The number of aliphatic hydroxyl groups is 1. The number of anilines is 1. The molecule has 0 aromatic carbocycles. The van der Waals surface area contributed by atoms with Gasteiger partial charge in [-0.3, -0.25) is 15.0 Å². The summed E-state index contributed by atoms with van der Waals surface area (Å²) >= 11 is 0. The van der Waals surface area contributed by atoms with Crippen molar-refractivity contribution in [2.24, 2.45) is 0 Å². The van der Waals surface area contributed by atoms with Crippen LogP contribution in [-0.2, 0) is 4.79 Å². The number of hydrogen-bond donors (Lipinski definition) is 4. The van der Waals surface area contributed by atoms with E-state index in [0.29, 0.717) is 11.6 Å². The molecule has 1 aliphatic carbocycles. The lowest BCUT2D eigenvalue weighted by Gasteiger charge is -2.41. The smallest absolute Gasteiger partial charge is 0.328 e. The van der Waals surface area contributed by atoms with Crippen LogP contribution in [0.3, 0.4) is 0 Å². The zero-order valence-corrected chi connectivity index (χ0v) is 16.0. The molecule has 152 valence electrons. The standard InChI is InChI=1S/C20H24N6O3/c27-12-20(7-8-20)24-18(28)14-4-5-15-17(22-14)26(13-6-10-25(15)11-13)19(29)23-16-3-1-2-9-21-16/h1-5,9,13-14,22,27H,6-8,10-12H2,(H,24,28)(H,21,23,29). The number of fused-ring (bicyclic) bond motifs is 3. The van der Waals surface area contributed by atoms with E-state index in [-0.39, 0.29) is 24.6 Å². The molecule has 1 saturated heterocycles. The van der Waals surface area contributed by atoms with Gasteiger partial charge < -0.3 is 20.6 Å². The van der Waals surface area contributed by atoms with Crippen molar-refractivity contribution in [2.45, 2.75) is 36.9 Å². The summed E-state index contributed by atoms with van der Waals surface area (Å²) in [6.45, 7) is 1.58. The van der Waals surface area contributed by atoms with Crippen LogP contribution in [0.2, 0.25) is 0 Å². The van der Waals surface area contributed by atoms with Crippen molar-refractivity contribution >= 4 is 17.8 Å². The number of nitrogens with one attached hydrogen (secondary N) is 3. The van der Waals surface area contributed by atoms with Crippen LogP contribution in [0, 0.1) is 0 Å². The molecular formula is C20H24N6O3. The van der Waals surface area contributed by atoms with Gasteiger partial charge in [-0.2, -0.15) is 0 Å². The number of urea groups is 1. The normalized spacial score (nSPS) is 26.0. The van der Waals surface area contributed by atoms with E-state index in [0.717, 1.165) is 38.0 Å². The number of carbonyl (C=O) groups excluding carboxylic acids is 2. The Morgan fingerprint density at radius 2 is 2.21 bits per heavy atom. The van der Waals surface area contributed by atoms with Crippen molar-refractivity contribution < 1.29 is 14.7 Å². The Hall–Kier alpha value is -3.07. The van der Waals surface area contributed by atoms with E-state index in [2.05, 4.69) is 25.8 Å². The van der Waals surface area contributed by atoms with Gasteiger partial charge in [-0.15, -0.1) is 0 Å². The molecule has 9 heteroatoms. The minimum atomic E-state index is -0.596. The Kier molecular flexibility index (Phi) is 4.20. The summed E-state index contributed by atoms with van der Waals surface area (Å²) in [5, 5.41) is 18.5. The molecule has 3 amide bonds. The van der Waals surface area contributed by atoms with E-state index in [4.69, 9.17) is 0 Å². The zero-order valence-electron chi connectivity index (χ0n) is 16.0. The van der Waals surface area contributed by atoms with Crippen molar-refractivity contribution in [3.63, 3.8) is 0 Å². The Morgan fingerprint density at radius 3 is 2.93 bits per heavy atom. The number of dihydropyridines is 1. The van der Waals surface area contributed by atoms with Crippen LogP contribution in [0.5, 0.6) is 0 Å². The van der Waals surface area contributed by atoms with Gasteiger partial charge in [0.25, 0.3) is 0 Å². The van der Waals surface area contributed by atoms with Gasteiger partial charge in [0.05, 0.1) is 23.9 Å². The summed E-state index contributed by atoms with van der Waals surface area (Å²) in [6.07, 6.45) is 7.79. The Balaban J connectivity index is 1.37. The second-order valence-electron chi connectivity index (χ2n) is 8.05. The molecule has 29 heavy (non-hydrogen) atoms. The van der Waals surface area contributed by atoms with Gasteiger partial charge in [0.1, 0.15) is 17.7 Å². The zero-order chi connectivity index (χ0) is 20.0. The number of rotatable bonds is 4. The number of pyridine rings is 1. The average molecular weight is 396 g/mol. The number of carbonyl (C=O) groups is 2. The van der Waals surface area contributed by atoms with Gasteiger partial charge >= 0.3 is 6.03 Å². The minimum Gasteiger partial charge on any atom is -0.394 e. The molecule has 1 saturated carbocycles. The van der Waals surface area contributed by atoms with Crippen molar-refractivity contribution in [3.05, 3.63) is 48.1 Å². The fraction of sp³-hybridized carbons (Fsp3) is 0.450. The van der Waals surface area contributed by atoms with Gasteiger partial charge in [-0.05, 0) is 37.5 Å². The van der Waals surface area contributed by atoms with E-state index in [1.54, 1.807) is 23.2 Å². The van der Waals surface area contributed by atoms with Gasteiger partial charge in [0, 0.05) is 19.3 Å². The lowest BCUT2D eigenvalue weighted by atomic mass is 10.1. The molecule has 1 aromatic heterocycles. The highest BCUT2D eigenvalue weighted by Crippen LogP contribution is 2.36. The van der Waals surface area contributed by atoms with E-state index in [1.807, 2.05) is 18.2 Å². The third-order valence-corrected chi connectivity index (χ3v) is 6.04. The first-order valence-electron chi connectivity index (χ1n) is 9.97. The summed E-state index contributed by atoms with van der Waals surface area (Å²) < 4.78 is 0. The van der Waals surface area contributed by atoms with Crippen molar-refractivity contribution in [1.82, 2.24) is 25.4 Å². The summed E-state index contributed by atoms with van der Waals surface area (Å²) in [7, 11) is 0. The molecule has 2 fully saturated rings. The van der Waals surface area contributed by atoms with E-state index in [9.17, 15) is 14.7 Å². The number of amides is 3. The van der Waals surface area contributed by atoms with Gasteiger partial charge in [-0.1, -0.05) is 12.1 Å². The van der Waals surface area contributed by atoms with E-state index >= 15 is 0 Å². The summed E-state index contributed by atoms with van der Waals surface area (Å²) in [4.78, 5) is 34.0. The Morgan fingerprint density at radius 1 is 1.34 bits per heavy atom. The first-order chi connectivity index (χ1) is 14.1. The molecular weight excluding hydrogens is 372 g/mol. The van der Waals surface area contributed by atoms with Crippen LogP contribution in [-0.4, -0.2) is 69.1 Å². The predicted molar refractivity (Wildman–Crippen MR) is 105 cm³/mol. The molecule has 4 aliphatic rings. The van der Waals surface area contributed by atoms with Crippen molar-refractivity contribution in [3.8, 4) is 0 Å². The SMILES string of the molecule is O=C(NC1(CO)CC1)C1C=CC2=C(N1)N(C(=O)Nc1ccccn1)C1CCN2C1. The third kappa shape index (κ3) is 3.21. The maximum absolute atomic E-state index is 13.1. The molecule has 9 nitrogen and oxygen atoms in total. The molecule has 2 atom stereocenters. The third-order valence-electron chi connectivity index (χ3n) is 6.04. The van der Waals surface area contributed by atoms with Gasteiger partial charge in [-0.25, -0.2) is 9.78 Å². The number of aliphatic hydroxyl groups excluding tert-OH is 1. The van der Waals surface area contributed by atoms with E-state index < -0.39 is 11.6 Å². The fourth-order valence-corrected chi connectivity index (χ4v) is 4.18. The van der Waals surface area contributed by atoms with Crippen LogP contribution in [0.4, 0.5) is 10.6 Å². The maximum Gasteiger partial charge on any atom is 0.328 e. The summed E-state index contributed by atoms with van der Waals surface area (Å²) in [5.41, 5.74) is 0.439. The number of aromatic nitrogens is 1. The Bertz CT molecular complexity index is 895. The highest BCUT2D eigenvalue weighted by Gasteiger charge is 2.46. The van der Waals surface area contributed by atoms with Crippen molar-refractivity contribution in [2.75, 3.05) is 25.0 Å². The topological polar surface area (TPSA) is 110 Å². The predicted octanol–water partition coefficient (Wildman–Crippen LogP) is 0.342. The molecule has 4 N–H and O–H groups in total. The van der Waals surface area contributed by atoms with E-state index in [1.165, 1.54) is 0 Å². The van der Waals surface area contributed by atoms with Crippen LogP contribution < -0.4 is 16.0 Å². The van der Waals surface area contributed by atoms with Crippen LogP contribution in [0.15, 0.2) is 48.1 Å². The molecule has 2 bridgehead atoms. The Labute approximate surface area is 168 Å². The number of nitrogens with zero attached hydrogens (tertiary/aromatic N) is 3. The highest BCUT2D eigenvalue weighted by atomic mass is 16.3. The number of hydrogen-bond acceptors (Lipinski definition) is 6. The second-order valence-corrected chi connectivity index (χ2v) is 8.05. The van der Waals surface area contributed by atoms with Gasteiger partial charge in [0.15, 0.2) is 0 Å². The number of allylic oxidation sites excluding steroid dienone is 1. The van der Waals surface area contributed by atoms with Crippen LogP contribution in [0.25, 0.3) is 0 Å². The lowest BCUT2D eigenvalue weighted by Crippen LogP contribution is -2.57. The highest BCUT2D eigenvalue weighted by molar-refractivity contribution is 5.91. The first-order valence-corrected chi connectivity index (χ1v) is 9.97. The second kappa shape index (κ2) is 6.77. The molecule has 0 spiro atoms. The first kappa shape index (κ1) is 18.0. The molecule has 3 aliphatic heterocycles. The minimum absolute atomic E-state index is 0.0346. The van der Waals surface area contributed by atoms with Gasteiger partial charge in [0.2, 0.25) is 5.91 Å². The quantitative estimate of drug-likeness (QED) is 0.584. The summed E-state index contributed by atoms with van der Waals surface area (Å²) in [5.74, 6) is 0.931. The molecule has 5 rings (SSSR count). The fourth-order valence-electron chi connectivity index (χ4n) is 4.18. The molecule has 1 aromatic rings. The van der Waals surface area contributed by atoms with Crippen LogP contribution >= 0.6 is 0 Å². The molecule has 0 radical (unpaired) electrons. The van der Waals surface area contributed by atoms with Crippen LogP contribution in [0.1, 0.15) is 19.3 Å². The molecule has 2 unspecified atom stereocenters. The largest absolute Gasteiger partial charge is 0.394 e. The monoisotopic (exact) mass is 396 g/mol. The lowest BCUT2D eigenvalue weighted by molar-refractivity contribution is -0.123. The van der Waals surface area contributed by atoms with Crippen molar-refractivity contribution in [1.29, 1.82) is 0 Å². The average Bonchev–Trinajstić information content (AvgIpc) is 3.40. The summed E-state index contributed by atoms with van der Waals surface area (Å²) in [6, 6.07) is 4.53. The maximum atomic E-state index is 13.1.